The number of ketones is 3. The topological polar surface area (TPSA) is 208 Å². The minimum Gasteiger partial charge on any atom is -0.508 e. The minimum absolute atomic E-state index is 0.0641. The molecular formula is C27H29N3O10. The standard InChI is InChI=1S/C27H29N3O10/c1-29(2)19-14-10-11-9-13-12(20(32)26(38)30-5-7-40-8-6-30)3-4-15(31)17(13)21(33)16(11)23(35)27(14,39)24(36)18(22(19)34)25(28)37/h3-4,11,14,19,31,33,36,39H,5-10H2,1-2H3,(H2,28,37). The molecule has 0 bridgehead atoms. The van der Waals surface area contributed by atoms with E-state index >= 15 is 0 Å². The molecule has 0 spiro atoms. The van der Waals surface area contributed by atoms with Gasteiger partial charge in [-0.25, -0.2) is 0 Å². The fraction of sp³-hybridized carbons (Fsp3) is 0.444. The Balaban J connectivity index is 1.65. The van der Waals surface area contributed by atoms with Crippen LogP contribution in [0.3, 0.4) is 0 Å². The molecule has 3 aliphatic carbocycles. The lowest BCUT2D eigenvalue weighted by Crippen LogP contribution is -2.65. The van der Waals surface area contributed by atoms with Crippen molar-refractivity contribution >= 4 is 34.9 Å². The molecule has 40 heavy (non-hydrogen) atoms. The number of rotatable bonds is 4. The number of Topliss-reactive ketones (excluding diaryl/α,β-unsaturated/α-hetero) is 3. The van der Waals surface area contributed by atoms with Crippen molar-refractivity contribution in [2.75, 3.05) is 40.4 Å². The van der Waals surface area contributed by atoms with Crippen molar-refractivity contribution in [1.82, 2.24) is 9.80 Å². The molecule has 2 fully saturated rings. The van der Waals surface area contributed by atoms with Crippen LogP contribution in [0.25, 0.3) is 5.76 Å². The number of morpholine rings is 1. The molecule has 2 amide bonds. The number of amides is 2. The molecule has 1 saturated carbocycles. The molecule has 1 aromatic carbocycles. The van der Waals surface area contributed by atoms with E-state index in [1.165, 1.54) is 30.0 Å². The third kappa shape index (κ3) is 3.76. The highest BCUT2D eigenvalue weighted by Crippen LogP contribution is 2.53. The van der Waals surface area contributed by atoms with Crippen molar-refractivity contribution in [2.24, 2.45) is 17.6 Å². The second kappa shape index (κ2) is 9.54. The summed E-state index contributed by atoms with van der Waals surface area (Å²) in [6, 6.07) is 1.16. The van der Waals surface area contributed by atoms with Crippen molar-refractivity contribution in [3.8, 4) is 5.75 Å². The van der Waals surface area contributed by atoms with E-state index in [-0.39, 0.29) is 61.4 Å². The van der Waals surface area contributed by atoms with Crippen molar-refractivity contribution < 1.29 is 49.1 Å². The molecule has 4 aliphatic rings. The number of carbonyl (C=O) groups excluding carboxylic acids is 5. The first-order valence-electron chi connectivity index (χ1n) is 12.7. The van der Waals surface area contributed by atoms with Gasteiger partial charge < -0.3 is 35.8 Å². The van der Waals surface area contributed by atoms with E-state index in [1.54, 1.807) is 0 Å². The molecule has 13 nitrogen and oxygen atoms in total. The van der Waals surface area contributed by atoms with Crippen molar-refractivity contribution in [2.45, 2.75) is 24.5 Å². The number of aromatic hydroxyl groups is 1. The van der Waals surface area contributed by atoms with E-state index in [1.807, 2.05) is 0 Å². The number of primary amides is 1. The van der Waals surface area contributed by atoms with Gasteiger partial charge in [-0.1, -0.05) is 0 Å². The number of benzene rings is 1. The average Bonchev–Trinajstić information content (AvgIpc) is 2.90. The number of hydrogen-bond donors (Lipinski definition) is 5. The van der Waals surface area contributed by atoms with Gasteiger partial charge in [0.25, 0.3) is 17.6 Å². The fourth-order valence-corrected chi connectivity index (χ4v) is 6.48. The number of phenolic OH excluding ortho intramolecular Hbond substituents is 1. The Kier molecular flexibility index (Phi) is 6.56. The van der Waals surface area contributed by atoms with Crippen LogP contribution in [0.4, 0.5) is 0 Å². The van der Waals surface area contributed by atoms with Gasteiger partial charge in [0, 0.05) is 30.1 Å². The first kappa shape index (κ1) is 27.5. The first-order chi connectivity index (χ1) is 18.8. The third-order valence-corrected chi connectivity index (χ3v) is 8.34. The van der Waals surface area contributed by atoms with E-state index < -0.39 is 75.5 Å². The van der Waals surface area contributed by atoms with Crippen LogP contribution in [0, 0.1) is 11.8 Å². The Morgan fingerprint density at radius 1 is 1.10 bits per heavy atom. The van der Waals surface area contributed by atoms with Crippen LogP contribution in [0.15, 0.2) is 29.0 Å². The quantitative estimate of drug-likeness (QED) is 0.173. The zero-order chi connectivity index (χ0) is 29.3. The summed E-state index contributed by atoms with van der Waals surface area (Å²) in [6.07, 6.45) is -0.229. The smallest absolute Gasteiger partial charge is 0.295 e. The monoisotopic (exact) mass is 555 g/mol. The molecule has 13 heteroatoms. The summed E-state index contributed by atoms with van der Waals surface area (Å²) in [4.78, 5) is 68.2. The van der Waals surface area contributed by atoms with Gasteiger partial charge in [-0.05, 0) is 50.6 Å². The molecular weight excluding hydrogens is 526 g/mol. The number of phenols is 1. The second-order valence-electron chi connectivity index (χ2n) is 10.7. The number of fused-ring (bicyclic) bond motifs is 3. The minimum atomic E-state index is -2.76. The van der Waals surface area contributed by atoms with E-state index in [4.69, 9.17) is 10.5 Å². The van der Waals surface area contributed by atoms with Crippen LogP contribution in [-0.4, -0.2) is 111 Å². The van der Waals surface area contributed by atoms with Gasteiger partial charge in [0.05, 0.1) is 24.8 Å². The zero-order valence-electron chi connectivity index (χ0n) is 21.8. The lowest BCUT2D eigenvalue weighted by Gasteiger charge is -2.50. The Morgan fingerprint density at radius 3 is 2.35 bits per heavy atom. The van der Waals surface area contributed by atoms with Gasteiger partial charge in [-0.3, -0.25) is 28.9 Å². The number of likely N-dealkylation sites (N-methyl/N-ethyl adjacent to an activating group) is 1. The maximum Gasteiger partial charge on any atom is 0.295 e. The number of nitrogens with two attached hydrogens (primary N) is 1. The van der Waals surface area contributed by atoms with Crippen LogP contribution in [0.1, 0.15) is 27.9 Å². The van der Waals surface area contributed by atoms with Gasteiger partial charge in [0.1, 0.15) is 22.8 Å². The lowest BCUT2D eigenvalue weighted by molar-refractivity contribution is -0.153. The molecule has 0 aromatic heterocycles. The molecule has 4 unspecified atom stereocenters. The highest BCUT2D eigenvalue weighted by molar-refractivity contribution is 6.43. The molecule has 6 N–H and O–H groups in total. The Bertz CT molecular complexity index is 1440. The predicted molar refractivity (Wildman–Crippen MR) is 136 cm³/mol. The predicted octanol–water partition coefficient (Wildman–Crippen LogP) is -0.994. The fourth-order valence-electron chi connectivity index (χ4n) is 6.48. The van der Waals surface area contributed by atoms with Crippen LogP contribution in [0.2, 0.25) is 0 Å². The molecule has 1 heterocycles. The van der Waals surface area contributed by atoms with Crippen LogP contribution >= 0.6 is 0 Å². The lowest BCUT2D eigenvalue weighted by atomic mass is 9.57. The SMILES string of the molecule is CN(C)C1C(=O)C(C(N)=O)=C(O)C2(O)C(=O)C3=C(O)c4c(O)ccc(C(=O)C(=O)N5CCOCC5)c4CC3CC12. The van der Waals surface area contributed by atoms with Crippen LogP contribution < -0.4 is 5.73 Å². The van der Waals surface area contributed by atoms with Crippen molar-refractivity contribution in [3.63, 3.8) is 0 Å². The molecule has 5 rings (SSSR count). The maximum atomic E-state index is 13.9. The Labute approximate surface area is 228 Å². The maximum absolute atomic E-state index is 13.9. The van der Waals surface area contributed by atoms with Gasteiger partial charge in [-0.15, -0.1) is 0 Å². The number of nitrogens with zero attached hydrogens (tertiary/aromatic N) is 2. The summed E-state index contributed by atoms with van der Waals surface area (Å²) in [7, 11) is 3.00. The molecule has 0 radical (unpaired) electrons. The van der Waals surface area contributed by atoms with Gasteiger partial charge in [0.2, 0.25) is 5.78 Å². The van der Waals surface area contributed by atoms with E-state index in [2.05, 4.69) is 0 Å². The van der Waals surface area contributed by atoms with Crippen molar-refractivity contribution in [3.05, 3.63) is 45.7 Å². The van der Waals surface area contributed by atoms with Gasteiger partial charge in [0.15, 0.2) is 11.4 Å². The Hall–Kier alpha value is -4.07. The summed E-state index contributed by atoms with van der Waals surface area (Å²) in [5.74, 6) is -9.50. The second-order valence-corrected chi connectivity index (χ2v) is 10.7. The molecule has 1 aliphatic heterocycles. The number of aliphatic hydroxyl groups excluding tert-OH is 2. The van der Waals surface area contributed by atoms with E-state index in [0.717, 1.165) is 6.07 Å². The third-order valence-electron chi connectivity index (χ3n) is 8.34. The molecule has 4 atom stereocenters. The summed E-state index contributed by atoms with van der Waals surface area (Å²) in [6.45, 7) is 1.00. The van der Waals surface area contributed by atoms with E-state index in [0.29, 0.717) is 0 Å². The molecule has 1 aromatic rings. The molecule has 1 saturated heterocycles. The highest BCUT2D eigenvalue weighted by Gasteiger charge is 2.64. The summed E-state index contributed by atoms with van der Waals surface area (Å²) in [5, 5.41) is 44.5. The number of hydrogen-bond acceptors (Lipinski definition) is 11. The summed E-state index contributed by atoms with van der Waals surface area (Å²) >= 11 is 0. The highest BCUT2D eigenvalue weighted by atomic mass is 16.5. The normalized spacial score (nSPS) is 28.3. The first-order valence-corrected chi connectivity index (χ1v) is 12.7. The van der Waals surface area contributed by atoms with Crippen LogP contribution in [0.5, 0.6) is 5.75 Å². The Morgan fingerprint density at radius 2 is 1.75 bits per heavy atom. The van der Waals surface area contributed by atoms with E-state index in [9.17, 15) is 44.4 Å². The molecule has 212 valence electrons. The largest absolute Gasteiger partial charge is 0.508 e. The van der Waals surface area contributed by atoms with Gasteiger partial charge >= 0.3 is 0 Å². The number of carbonyl (C=O) groups is 5. The van der Waals surface area contributed by atoms with Crippen molar-refractivity contribution in [1.29, 1.82) is 0 Å². The van der Waals surface area contributed by atoms with Crippen LogP contribution in [-0.2, 0) is 30.3 Å². The average molecular weight is 556 g/mol. The number of ether oxygens (including phenoxy) is 1. The number of aliphatic hydroxyl groups is 3. The summed E-state index contributed by atoms with van der Waals surface area (Å²) in [5.41, 5.74) is 1.13. The van der Waals surface area contributed by atoms with Gasteiger partial charge in [-0.2, -0.15) is 0 Å². The summed E-state index contributed by atoms with van der Waals surface area (Å²) < 4.78 is 5.23. The zero-order valence-corrected chi connectivity index (χ0v) is 21.8.